The molecule has 7 heteroatoms. The van der Waals surface area contributed by atoms with Crippen molar-refractivity contribution in [3.8, 4) is 0 Å². The highest BCUT2D eigenvalue weighted by Gasteiger charge is 2.32. The molecule has 2 unspecified atom stereocenters. The molecule has 2 aromatic heterocycles. The predicted molar refractivity (Wildman–Crippen MR) is 118 cm³/mol. The number of aromatic nitrogens is 2. The van der Waals surface area contributed by atoms with Crippen LogP contribution in [-0.2, 0) is 22.4 Å². The number of hydrogen-bond acceptors (Lipinski definition) is 7. The lowest BCUT2D eigenvalue weighted by Crippen LogP contribution is -2.26. The summed E-state index contributed by atoms with van der Waals surface area (Å²) in [5, 5.41) is 1.24. The zero-order chi connectivity index (χ0) is 20.6. The monoisotopic (exact) mass is 421 g/mol. The summed E-state index contributed by atoms with van der Waals surface area (Å²) in [4.78, 5) is 24.0. The first-order chi connectivity index (χ1) is 13.1. The maximum atomic E-state index is 12.3. The molecule has 1 aliphatic rings. The Morgan fingerprint density at radius 2 is 2.07 bits per heavy atom. The quantitative estimate of drug-likeness (QED) is 0.411. The normalized spacial score (nSPS) is 18.3. The Labute approximate surface area is 175 Å². The molecule has 0 saturated heterocycles. The van der Waals surface area contributed by atoms with Gasteiger partial charge in [0.1, 0.15) is 15.9 Å². The van der Waals surface area contributed by atoms with E-state index in [2.05, 4.69) is 25.8 Å². The van der Waals surface area contributed by atoms with E-state index in [0.29, 0.717) is 28.9 Å². The number of aryl methyl sites for hydroxylation is 1. The van der Waals surface area contributed by atoms with Crippen LogP contribution in [0.5, 0.6) is 0 Å². The zero-order valence-corrected chi connectivity index (χ0v) is 19.3. The minimum absolute atomic E-state index is 0.119. The van der Waals surface area contributed by atoms with Crippen LogP contribution in [0, 0.1) is 17.3 Å². The molecular formula is C21H31N3O2S2. The van der Waals surface area contributed by atoms with Crippen molar-refractivity contribution in [2.24, 2.45) is 17.3 Å². The smallest absolute Gasteiger partial charge is 0.319 e. The molecule has 3 rings (SSSR count). The summed E-state index contributed by atoms with van der Waals surface area (Å²) < 4.78 is 5.22. The van der Waals surface area contributed by atoms with E-state index < -0.39 is 0 Å². The van der Waals surface area contributed by atoms with Gasteiger partial charge >= 0.3 is 5.97 Å². The second kappa shape index (κ2) is 8.19. The molecule has 2 N–H and O–H groups in total. The number of thioether (sulfide) groups is 1. The number of carbonyl (C=O) groups is 1. The largest absolute Gasteiger partial charge is 0.465 e. The summed E-state index contributed by atoms with van der Waals surface area (Å²) in [6, 6.07) is 0. The average Bonchev–Trinajstić information content (AvgIpc) is 2.96. The van der Waals surface area contributed by atoms with Gasteiger partial charge in [-0.1, -0.05) is 46.4 Å². The van der Waals surface area contributed by atoms with Crippen LogP contribution in [0.4, 0.5) is 5.82 Å². The van der Waals surface area contributed by atoms with E-state index in [1.54, 1.807) is 11.3 Å². The molecule has 2 aromatic rings. The predicted octanol–water partition coefficient (Wildman–Crippen LogP) is 5.10. The van der Waals surface area contributed by atoms with E-state index in [9.17, 15) is 4.79 Å². The standard InChI is InChI=1S/C21H31N3O2S2/c1-7-26-19(25)16(11(2)3)28-20-23-17(22)15-13-9-8-12(21(4,5)6)10-14(13)27-18(15)24-20/h11-12,16H,7-10H2,1-6H3,(H2,22,23,24). The number of nitrogens with two attached hydrogens (primary N) is 1. The molecule has 0 spiro atoms. The highest BCUT2D eigenvalue weighted by molar-refractivity contribution is 8.00. The van der Waals surface area contributed by atoms with E-state index in [-0.39, 0.29) is 17.1 Å². The van der Waals surface area contributed by atoms with E-state index in [0.717, 1.165) is 23.1 Å². The first kappa shape index (κ1) is 21.4. The van der Waals surface area contributed by atoms with E-state index in [1.807, 2.05) is 20.8 Å². The molecule has 0 aliphatic heterocycles. The van der Waals surface area contributed by atoms with Crippen molar-refractivity contribution >= 4 is 45.1 Å². The number of nitrogens with zero attached hydrogens (tertiary/aromatic N) is 2. The van der Waals surface area contributed by atoms with E-state index in [1.165, 1.54) is 28.6 Å². The van der Waals surface area contributed by atoms with Gasteiger partial charge in [0.15, 0.2) is 5.16 Å². The minimum atomic E-state index is -0.336. The fraction of sp³-hybridized carbons (Fsp3) is 0.667. The summed E-state index contributed by atoms with van der Waals surface area (Å²) in [5.74, 6) is 1.10. The van der Waals surface area contributed by atoms with Crippen LogP contribution < -0.4 is 5.73 Å². The Morgan fingerprint density at radius 1 is 1.36 bits per heavy atom. The fourth-order valence-corrected chi connectivity index (χ4v) is 6.10. The maximum Gasteiger partial charge on any atom is 0.319 e. The number of hydrogen-bond donors (Lipinski definition) is 1. The lowest BCUT2D eigenvalue weighted by atomic mass is 9.72. The van der Waals surface area contributed by atoms with Gasteiger partial charge in [0, 0.05) is 4.88 Å². The third-order valence-electron chi connectivity index (χ3n) is 5.50. The molecule has 1 aliphatic carbocycles. The van der Waals surface area contributed by atoms with Crippen LogP contribution in [0.1, 0.15) is 58.4 Å². The van der Waals surface area contributed by atoms with Gasteiger partial charge in [-0.3, -0.25) is 4.79 Å². The van der Waals surface area contributed by atoms with Gasteiger partial charge in [-0.2, -0.15) is 0 Å². The van der Waals surface area contributed by atoms with Crippen molar-refractivity contribution in [3.63, 3.8) is 0 Å². The van der Waals surface area contributed by atoms with Gasteiger partial charge in [0.25, 0.3) is 0 Å². The first-order valence-corrected chi connectivity index (χ1v) is 11.7. The highest BCUT2D eigenvalue weighted by Crippen LogP contribution is 2.44. The number of carbonyl (C=O) groups excluding carboxylic acids is 1. The third kappa shape index (κ3) is 4.30. The Bertz CT molecular complexity index is 871. The SMILES string of the molecule is CCOC(=O)C(Sc1nc(N)c2c3c(sc2n1)CC(C(C)(C)C)CC3)C(C)C. The molecule has 2 atom stereocenters. The molecule has 2 heterocycles. The van der Waals surface area contributed by atoms with Crippen molar-refractivity contribution in [3.05, 3.63) is 10.4 Å². The number of thiophene rings is 1. The molecule has 0 saturated carbocycles. The Hall–Kier alpha value is -1.34. The van der Waals surface area contributed by atoms with Gasteiger partial charge in [0.05, 0.1) is 12.0 Å². The molecule has 0 bridgehead atoms. The molecule has 0 radical (unpaired) electrons. The minimum Gasteiger partial charge on any atom is -0.465 e. The Kier molecular flexibility index (Phi) is 6.25. The molecule has 28 heavy (non-hydrogen) atoms. The molecule has 154 valence electrons. The van der Waals surface area contributed by atoms with Crippen LogP contribution in [0.25, 0.3) is 10.2 Å². The highest BCUT2D eigenvalue weighted by atomic mass is 32.2. The molecule has 0 aromatic carbocycles. The van der Waals surface area contributed by atoms with E-state index >= 15 is 0 Å². The number of nitrogen functional groups attached to an aromatic ring is 1. The summed E-state index contributed by atoms with van der Waals surface area (Å²) >= 11 is 3.10. The van der Waals surface area contributed by atoms with Crippen molar-refractivity contribution in [2.45, 2.75) is 71.2 Å². The van der Waals surface area contributed by atoms with Gasteiger partial charge in [-0.15, -0.1) is 11.3 Å². The number of anilines is 1. The summed E-state index contributed by atoms with van der Waals surface area (Å²) in [7, 11) is 0. The second-order valence-corrected chi connectivity index (χ2v) is 11.1. The lowest BCUT2D eigenvalue weighted by Gasteiger charge is -2.33. The lowest BCUT2D eigenvalue weighted by molar-refractivity contribution is -0.143. The van der Waals surface area contributed by atoms with Gasteiger partial charge < -0.3 is 10.5 Å². The Morgan fingerprint density at radius 3 is 2.68 bits per heavy atom. The second-order valence-electron chi connectivity index (χ2n) is 8.92. The molecule has 0 fully saturated rings. The first-order valence-electron chi connectivity index (χ1n) is 10.0. The topological polar surface area (TPSA) is 78.1 Å². The van der Waals surface area contributed by atoms with Gasteiger partial charge in [0.2, 0.25) is 0 Å². The molecular weight excluding hydrogens is 390 g/mol. The van der Waals surface area contributed by atoms with Gasteiger partial charge in [-0.25, -0.2) is 9.97 Å². The van der Waals surface area contributed by atoms with E-state index in [4.69, 9.17) is 15.5 Å². The van der Waals surface area contributed by atoms with Crippen molar-refractivity contribution in [2.75, 3.05) is 12.3 Å². The average molecular weight is 422 g/mol. The summed E-state index contributed by atoms with van der Waals surface area (Å²) in [6.45, 7) is 13.2. The van der Waals surface area contributed by atoms with Crippen LogP contribution in [-0.4, -0.2) is 27.8 Å². The number of ether oxygens (including phenoxy) is 1. The zero-order valence-electron chi connectivity index (χ0n) is 17.7. The number of rotatable bonds is 5. The summed E-state index contributed by atoms with van der Waals surface area (Å²) in [5.41, 5.74) is 7.99. The maximum absolute atomic E-state index is 12.3. The third-order valence-corrected chi connectivity index (χ3v) is 8.03. The van der Waals surface area contributed by atoms with Gasteiger partial charge in [-0.05, 0) is 49.0 Å². The van der Waals surface area contributed by atoms with Crippen LogP contribution >= 0.6 is 23.1 Å². The fourth-order valence-electron chi connectivity index (χ4n) is 3.77. The van der Waals surface area contributed by atoms with Crippen LogP contribution in [0.2, 0.25) is 0 Å². The molecule has 5 nitrogen and oxygen atoms in total. The van der Waals surface area contributed by atoms with Crippen LogP contribution in [0.15, 0.2) is 5.16 Å². The molecule has 0 amide bonds. The van der Waals surface area contributed by atoms with Crippen molar-refractivity contribution in [1.29, 1.82) is 0 Å². The summed E-state index contributed by atoms with van der Waals surface area (Å²) in [6.07, 6.45) is 3.30. The van der Waals surface area contributed by atoms with Crippen molar-refractivity contribution < 1.29 is 9.53 Å². The number of fused-ring (bicyclic) bond motifs is 3. The van der Waals surface area contributed by atoms with Crippen molar-refractivity contribution in [1.82, 2.24) is 9.97 Å². The number of esters is 1. The Balaban J connectivity index is 1.93. The van der Waals surface area contributed by atoms with Crippen LogP contribution in [0.3, 0.4) is 0 Å².